The van der Waals surface area contributed by atoms with Crippen LogP contribution in [0.3, 0.4) is 0 Å². The van der Waals surface area contributed by atoms with E-state index in [-0.39, 0.29) is 5.56 Å². The first kappa shape index (κ1) is 28.9. The Kier molecular flexibility index (Phi) is 8.29. The van der Waals surface area contributed by atoms with E-state index in [1.54, 1.807) is 24.3 Å². The highest BCUT2D eigenvalue weighted by atomic mass is 79.9. The largest absolute Gasteiger partial charge is 0.493 e. The summed E-state index contributed by atoms with van der Waals surface area (Å²) in [6, 6.07) is 30.3. The molecule has 0 amide bonds. The molecule has 0 fully saturated rings. The van der Waals surface area contributed by atoms with Gasteiger partial charge in [-0.15, -0.1) is 0 Å². The summed E-state index contributed by atoms with van der Waals surface area (Å²) in [6.45, 7) is 2.76. The Morgan fingerprint density at radius 1 is 0.955 bits per heavy atom. The number of H-pyrrole nitrogens is 2. The Morgan fingerprint density at radius 2 is 1.70 bits per heavy atom. The number of hydrogen-bond donors (Lipinski definition) is 3. The molecular weight excluding hydrogens is 620 g/mol. The number of aromatic nitrogens is 3. The minimum absolute atomic E-state index is 0.0769. The number of ether oxygens (including phenoxy) is 1. The van der Waals surface area contributed by atoms with Gasteiger partial charge in [0.1, 0.15) is 17.9 Å². The minimum Gasteiger partial charge on any atom is -0.493 e. The van der Waals surface area contributed by atoms with Crippen LogP contribution in [0.25, 0.3) is 16.6 Å². The molecule has 0 spiro atoms. The van der Waals surface area contributed by atoms with Gasteiger partial charge in [0.2, 0.25) is 5.88 Å². The van der Waals surface area contributed by atoms with Crippen molar-refractivity contribution in [1.82, 2.24) is 14.5 Å². The summed E-state index contributed by atoms with van der Waals surface area (Å²) < 4.78 is 7.93. The molecule has 4 aromatic carbocycles. The van der Waals surface area contributed by atoms with E-state index >= 15 is 0 Å². The molecule has 0 aliphatic heterocycles. The maximum Gasteiger partial charge on any atom is 0.335 e. The number of halogens is 1. The first-order valence-corrected chi connectivity index (χ1v) is 14.9. The van der Waals surface area contributed by atoms with Gasteiger partial charge in [-0.3, -0.25) is 14.8 Å². The lowest BCUT2D eigenvalue weighted by Gasteiger charge is -2.14. The molecule has 220 valence electrons. The zero-order valence-corrected chi connectivity index (χ0v) is 25.5. The average Bonchev–Trinajstić information content (AvgIpc) is 3.43. The second-order valence-corrected chi connectivity index (χ2v) is 11.3. The smallest absolute Gasteiger partial charge is 0.335 e. The van der Waals surface area contributed by atoms with Crippen LogP contribution in [0.2, 0.25) is 0 Å². The number of hydrogen-bond acceptors (Lipinski definition) is 5. The van der Waals surface area contributed by atoms with Gasteiger partial charge in [-0.25, -0.2) is 9.36 Å². The van der Waals surface area contributed by atoms with Gasteiger partial charge in [0, 0.05) is 33.7 Å². The van der Waals surface area contributed by atoms with Gasteiger partial charge in [-0.05, 0) is 66.9 Å². The van der Waals surface area contributed by atoms with Crippen LogP contribution in [0.5, 0.6) is 11.6 Å². The molecular formula is C35H29BrN4O4. The second-order valence-electron chi connectivity index (χ2n) is 10.4. The van der Waals surface area contributed by atoms with Crippen LogP contribution in [0.1, 0.15) is 27.8 Å². The Labute approximate surface area is 261 Å². The summed E-state index contributed by atoms with van der Waals surface area (Å²) in [5.41, 5.74) is 3.94. The van der Waals surface area contributed by atoms with Gasteiger partial charge < -0.3 is 14.8 Å². The molecule has 0 atom stereocenters. The highest BCUT2D eigenvalue weighted by molar-refractivity contribution is 9.10. The van der Waals surface area contributed by atoms with Crippen LogP contribution in [0.15, 0.2) is 122 Å². The lowest BCUT2D eigenvalue weighted by Crippen LogP contribution is -2.33. The normalized spacial score (nSPS) is 11.6. The third-order valence-corrected chi connectivity index (χ3v) is 7.90. The third-order valence-electron chi connectivity index (χ3n) is 7.37. The fraction of sp³-hybridized carbons (Fsp3) is 0.114. The Balaban J connectivity index is 1.34. The summed E-state index contributed by atoms with van der Waals surface area (Å²) in [4.78, 5) is 36.6. The van der Waals surface area contributed by atoms with E-state index in [1.165, 1.54) is 0 Å². The second kappa shape index (κ2) is 12.6. The van der Waals surface area contributed by atoms with Crippen LogP contribution in [-0.4, -0.2) is 31.9 Å². The van der Waals surface area contributed by atoms with E-state index in [2.05, 4.69) is 25.9 Å². The Morgan fingerprint density at radius 3 is 2.45 bits per heavy atom. The van der Waals surface area contributed by atoms with Crippen LogP contribution in [0.4, 0.5) is 0 Å². The summed E-state index contributed by atoms with van der Waals surface area (Å²) in [5, 5.41) is 12.4. The number of rotatable bonds is 9. The number of nitrogens with one attached hydrogen (secondary N) is 2. The quantitative estimate of drug-likeness (QED) is 0.157. The first-order chi connectivity index (χ1) is 21.4. The summed E-state index contributed by atoms with van der Waals surface area (Å²) >= 11 is 3.39. The van der Waals surface area contributed by atoms with Crippen molar-refractivity contribution in [2.45, 2.75) is 20.0 Å². The molecule has 6 aromatic rings. The molecule has 2 heterocycles. The lowest BCUT2D eigenvalue weighted by atomic mass is 10.0. The maximum absolute atomic E-state index is 13.2. The number of fused-ring (bicyclic) bond motifs is 1. The molecule has 8 nitrogen and oxygen atoms in total. The standard InChI is InChI=1S/C35H29BrN4O4/c1-22-7-9-24(10-8-22)32(31-33(41)39-35(43)40(34(31)42)27-13-11-26(36)12-14-27)37-18-17-25-20-38-30-16-15-28(19-29(25)30)44-21-23-5-3-2-4-6-23/h2-16,19-20,38,42H,17-18,21H2,1H3,(H,39,41,43). The molecule has 9 heteroatoms. The van der Waals surface area contributed by atoms with Crippen molar-refractivity contribution in [1.29, 1.82) is 0 Å². The molecule has 44 heavy (non-hydrogen) atoms. The average molecular weight is 650 g/mol. The van der Waals surface area contributed by atoms with Crippen molar-refractivity contribution in [2.24, 2.45) is 4.99 Å². The van der Waals surface area contributed by atoms with Gasteiger partial charge in [-0.2, -0.15) is 0 Å². The van der Waals surface area contributed by atoms with E-state index in [9.17, 15) is 14.7 Å². The van der Waals surface area contributed by atoms with Crippen molar-refractivity contribution in [3.05, 3.63) is 156 Å². The van der Waals surface area contributed by atoms with E-state index < -0.39 is 17.1 Å². The summed E-state index contributed by atoms with van der Waals surface area (Å²) in [7, 11) is 0. The monoisotopic (exact) mass is 648 g/mol. The minimum atomic E-state index is -0.745. The highest BCUT2D eigenvalue weighted by Crippen LogP contribution is 2.26. The third kappa shape index (κ3) is 6.14. The van der Waals surface area contributed by atoms with E-state index in [4.69, 9.17) is 9.73 Å². The zero-order chi connectivity index (χ0) is 30.6. The van der Waals surface area contributed by atoms with Gasteiger partial charge in [-0.1, -0.05) is 76.1 Å². The van der Waals surface area contributed by atoms with Crippen molar-refractivity contribution < 1.29 is 9.84 Å². The molecule has 0 bridgehead atoms. The molecule has 2 aromatic heterocycles. The van der Waals surface area contributed by atoms with Crippen LogP contribution in [0, 0.1) is 6.92 Å². The molecule has 0 saturated heterocycles. The lowest BCUT2D eigenvalue weighted by molar-refractivity contribution is 0.306. The van der Waals surface area contributed by atoms with Gasteiger partial charge in [0.15, 0.2) is 0 Å². The SMILES string of the molecule is Cc1ccc(C(=NCCc2c[nH]c3ccc(OCc4ccccc4)cc23)c2c(O)n(-c3ccc(Br)cc3)c(=O)[nH]c2=O)cc1. The molecule has 3 N–H and O–H groups in total. The zero-order valence-electron chi connectivity index (χ0n) is 23.9. The van der Waals surface area contributed by atoms with Gasteiger partial charge >= 0.3 is 5.69 Å². The van der Waals surface area contributed by atoms with Crippen molar-refractivity contribution >= 4 is 32.5 Å². The highest BCUT2D eigenvalue weighted by Gasteiger charge is 2.22. The topological polar surface area (TPSA) is 112 Å². The van der Waals surface area contributed by atoms with E-state index in [0.717, 1.165) is 42.4 Å². The maximum atomic E-state index is 13.2. The molecule has 6 rings (SSSR count). The molecule has 0 aliphatic carbocycles. The number of aromatic hydroxyl groups is 1. The molecule has 0 saturated carbocycles. The number of aromatic amines is 2. The number of benzene rings is 4. The van der Waals surface area contributed by atoms with E-state index in [1.807, 2.05) is 85.9 Å². The van der Waals surface area contributed by atoms with Gasteiger partial charge in [0.05, 0.1) is 11.4 Å². The molecule has 0 aliphatic rings. The fourth-order valence-corrected chi connectivity index (χ4v) is 5.34. The predicted molar refractivity (Wildman–Crippen MR) is 176 cm³/mol. The van der Waals surface area contributed by atoms with Crippen molar-refractivity contribution in [2.75, 3.05) is 6.54 Å². The summed E-state index contributed by atoms with van der Waals surface area (Å²) in [5.74, 6) is 0.283. The van der Waals surface area contributed by atoms with Crippen LogP contribution < -0.4 is 16.0 Å². The van der Waals surface area contributed by atoms with Crippen LogP contribution in [-0.2, 0) is 13.0 Å². The molecule has 0 radical (unpaired) electrons. The molecule has 0 unspecified atom stereocenters. The van der Waals surface area contributed by atoms with Gasteiger partial charge in [0.25, 0.3) is 5.56 Å². The Hall–Kier alpha value is -5.15. The Bertz CT molecular complexity index is 2080. The fourth-order valence-electron chi connectivity index (χ4n) is 5.08. The van der Waals surface area contributed by atoms with Crippen molar-refractivity contribution in [3.8, 4) is 17.3 Å². The number of aliphatic imine (C=N–C) groups is 1. The van der Waals surface area contributed by atoms with Crippen molar-refractivity contribution in [3.63, 3.8) is 0 Å². The number of nitrogens with zero attached hydrogens (tertiary/aromatic N) is 2. The van der Waals surface area contributed by atoms with E-state index in [0.29, 0.717) is 36.5 Å². The first-order valence-electron chi connectivity index (χ1n) is 14.1. The van der Waals surface area contributed by atoms with Crippen LogP contribution >= 0.6 is 15.9 Å². The predicted octanol–water partition coefficient (Wildman–Crippen LogP) is 6.44. The summed E-state index contributed by atoms with van der Waals surface area (Å²) in [6.07, 6.45) is 2.51. The number of aryl methyl sites for hydroxylation is 1.